The predicted molar refractivity (Wildman–Crippen MR) is 114 cm³/mol. The minimum atomic E-state index is -3.36. The van der Waals surface area contributed by atoms with Crippen LogP contribution in [0.2, 0.25) is 0 Å². The van der Waals surface area contributed by atoms with Crippen LogP contribution in [0, 0.1) is 11.8 Å². The number of hydrogen-bond acceptors (Lipinski definition) is 4. The van der Waals surface area contributed by atoms with Gasteiger partial charge in [0.1, 0.15) is 12.0 Å². The zero-order chi connectivity index (χ0) is 20.9. The Morgan fingerprint density at radius 2 is 1.41 bits per heavy atom. The Bertz CT molecular complexity index is 468. The molecule has 0 unspecified atom stereocenters. The normalized spacial score (nSPS) is 12.9. The zero-order valence-corrected chi connectivity index (χ0v) is 19.4. The van der Waals surface area contributed by atoms with Gasteiger partial charge in [0.05, 0.1) is 13.2 Å². The highest BCUT2D eigenvalue weighted by Crippen LogP contribution is 2.49. The maximum Gasteiger partial charge on any atom is 0.338 e. The molecule has 0 heterocycles. The average molecular weight is 405 g/mol. The molecule has 0 atom stereocenters. The van der Waals surface area contributed by atoms with E-state index in [9.17, 15) is 9.36 Å². The zero-order valence-electron chi connectivity index (χ0n) is 18.5. The van der Waals surface area contributed by atoms with Crippen molar-refractivity contribution in [2.45, 2.75) is 74.1 Å². The van der Waals surface area contributed by atoms with Crippen molar-refractivity contribution in [1.29, 1.82) is 0 Å². The molecular weight excluding hydrogens is 363 g/mol. The molecule has 7 heteroatoms. The van der Waals surface area contributed by atoms with Gasteiger partial charge in [-0.15, -0.1) is 0 Å². The Hall–Kier alpha value is -0.710. The molecule has 0 aromatic rings. The van der Waals surface area contributed by atoms with E-state index >= 15 is 0 Å². The van der Waals surface area contributed by atoms with E-state index < -0.39 is 7.60 Å². The first-order valence-electron chi connectivity index (χ1n) is 10.3. The molecule has 6 nitrogen and oxygen atoms in total. The molecule has 0 saturated carbocycles. The van der Waals surface area contributed by atoms with Gasteiger partial charge in [-0.2, -0.15) is 4.99 Å². The van der Waals surface area contributed by atoms with Crippen molar-refractivity contribution in [3.8, 4) is 0 Å². The summed E-state index contributed by atoms with van der Waals surface area (Å²) in [6.07, 6.45) is 3.59. The Morgan fingerprint density at radius 3 is 1.74 bits per heavy atom. The van der Waals surface area contributed by atoms with Crippen LogP contribution in [-0.4, -0.2) is 49.1 Å². The number of carbonyl (C=O) groups is 1. The maximum absolute atomic E-state index is 13.4. The quantitative estimate of drug-likeness (QED) is 0.168. The van der Waals surface area contributed by atoms with Crippen LogP contribution < -0.4 is 0 Å². The molecule has 0 aliphatic carbocycles. The molecule has 0 spiro atoms. The molecule has 0 aromatic heterocycles. The van der Waals surface area contributed by atoms with E-state index in [2.05, 4.69) is 51.4 Å². The van der Waals surface area contributed by atoms with Crippen molar-refractivity contribution in [2.75, 3.05) is 32.5 Å². The van der Waals surface area contributed by atoms with E-state index in [1.165, 1.54) is 6.92 Å². The van der Waals surface area contributed by atoms with Crippen LogP contribution >= 0.6 is 7.60 Å². The second-order valence-electron chi connectivity index (χ2n) is 7.88. The van der Waals surface area contributed by atoms with Crippen molar-refractivity contribution >= 4 is 19.3 Å². The summed E-state index contributed by atoms with van der Waals surface area (Å²) >= 11 is 0. The van der Waals surface area contributed by atoms with E-state index in [-0.39, 0.29) is 12.1 Å². The lowest BCUT2D eigenvalue weighted by atomic mass is 10.1. The number of carbonyl (C=O) groups excluding carboxylic acids is 1. The first-order chi connectivity index (χ1) is 12.6. The SMILES string of the molecule is CCCCOP(=O)(CC(=NC(C)=O)N(CC(C)C)CC(C)C)OCCCC. The Morgan fingerprint density at radius 1 is 0.963 bits per heavy atom. The highest BCUT2D eigenvalue weighted by molar-refractivity contribution is 7.54. The van der Waals surface area contributed by atoms with E-state index in [0.717, 1.165) is 38.8 Å². The van der Waals surface area contributed by atoms with E-state index in [0.29, 0.717) is 30.9 Å². The predicted octanol–water partition coefficient (Wildman–Crippen LogP) is 5.37. The summed E-state index contributed by atoms with van der Waals surface area (Å²) in [5, 5.41) is 0. The van der Waals surface area contributed by atoms with Gasteiger partial charge in [-0.05, 0) is 24.7 Å². The number of unbranched alkanes of at least 4 members (excludes halogenated alkanes) is 2. The molecule has 0 fully saturated rings. The van der Waals surface area contributed by atoms with Crippen molar-refractivity contribution in [2.24, 2.45) is 16.8 Å². The fraction of sp³-hybridized carbons (Fsp3) is 0.900. The number of amidine groups is 1. The molecule has 0 bridgehead atoms. The lowest BCUT2D eigenvalue weighted by Crippen LogP contribution is -2.39. The summed E-state index contributed by atoms with van der Waals surface area (Å²) in [5.41, 5.74) is 0. The molecule has 0 radical (unpaired) electrons. The van der Waals surface area contributed by atoms with Crippen LogP contribution in [0.3, 0.4) is 0 Å². The van der Waals surface area contributed by atoms with Gasteiger partial charge in [-0.25, -0.2) is 0 Å². The third-order valence-electron chi connectivity index (χ3n) is 3.73. The van der Waals surface area contributed by atoms with Crippen molar-refractivity contribution in [1.82, 2.24) is 4.90 Å². The smallest absolute Gasteiger partial charge is 0.338 e. The topological polar surface area (TPSA) is 68.2 Å². The number of rotatable bonds is 14. The van der Waals surface area contributed by atoms with Gasteiger partial charge in [0.25, 0.3) is 0 Å². The molecule has 0 aromatic carbocycles. The van der Waals surface area contributed by atoms with Crippen molar-refractivity contribution < 1.29 is 18.4 Å². The van der Waals surface area contributed by atoms with Crippen LogP contribution in [0.4, 0.5) is 0 Å². The molecule has 0 rings (SSSR count). The van der Waals surface area contributed by atoms with Gasteiger partial charge in [-0.3, -0.25) is 9.36 Å². The van der Waals surface area contributed by atoms with Crippen LogP contribution in [-0.2, 0) is 18.4 Å². The Labute approximate surface area is 166 Å². The molecule has 0 aliphatic rings. The summed E-state index contributed by atoms with van der Waals surface area (Å²) in [6.45, 7) is 16.3. The van der Waals surface area contributed by atoms with E-state index in [1.807, 2.05) is 0 Å². The fourth-order valence-corrected chi connectivity index (χ4v) is 4.24. The van der Waals surface area contributed by atoms with Crippen LogP contribution in [0.5, 0.6) is 0 Å². The minimum absolute atomic E-state index is 0.0411. The number of nitrogens with zero attached hydrogens (tertiary/aromatic N) is 2. The lowest BCUT2D eigenvalue weighted by molar-refractivity contribution is -0.115. The van der Waals surface area contributed by atoms with E-state index in [4.69, 9.17) is 9.05 Å². The molecular formula is C20H41N2O4P. The standard InChI is InChI=1S/C20H41N2O4P/c1-8-10-12-25-27(24,26-13-11-9-2)16-20(21-19(7)23)22(14-17(3)4)15-18(5)6/h17-18H,8-16H2,1-7H3. The van der Waals surface area contributed by atoms with Crippen LogP contribution in [0.25, 0.3) is 0 Å². The Kier molecular flexibility index (Phi) is 13.9. The lowest BCUT2D eigenvalue weighted by Gasteiger charge is -2.31. The molecule has 0 N–H and O–H groups in total. The molecule has 0 aliphatic heterocycles. The first-order valence-corrected chi connectivity index (χ1v) is 12.1. The van der Waals surface area contributed by atoms with E-state index in [1.54, 1.807) is 0 Å². The van der Waals surface area contributed by atoms with Crippen molar-refractivity contribution in [3.63, 3.8) is 0 Å². The van der Waals surface area contributed by atoms with Gasteiger partial charge < -0.3 is 13.9 Å². The van der Waals surface area contributed by atoms with Crippen LogP contribution in [0.15, 0.2) is 4.99 Å². The van der Waals surface area contributed by atoms with Gasteiger partial charge >= 0.3 is 7.60 Å². The second-order valence-corrected chi connectivity index (χ2v) is 9.94. The van der Waals surface area contributed by atoms with Gasteiger partial charge in [-0.1, -0.05) is 54.4 Å². The summed E-state index contributed by atoms with van der Waals surface area (Å²) in [4.78, 5) is 18.0. The van der Waals surface area contributed by atoms with Gasteiger partial charge in [0.2, 0.25) is 5.91 Å². The fourth-order valence-electron chi connectivity index (χ4n) is 2.55. The average Bonchev–Trinajstić information content (AvgIpc) is 2.53. The molecule has 27 heavy (non-hydrogen) atoms. The minimum Gasteiger partial charge on any atom is -0.359 e. The molecule has 1 amide bonds. The third kappa shape index (κ3) is 13.2. The van der Waals surface area contributed by atoms with Gasteiger partial charge in [0, 0.05) is 20.0 Å². The molecule has 0 saturated heterocycles. The number of amides is 1. The number of hydrogen-bond donors (Lipinski definition) is 0. The summed E-state index contributed by atoms with van der Waals surface area (Å²) in [7, 11) is -3.36. The monoisotopic (exact) mass is 404 g/mol. The number of aliphatic imine (C=N–C) groups is 1. The second kappa shape index (κ2) is 14.3. The van der Waals surface area contributed by atoms with Crippen LogP contribution in [0.1, 0.15) is 74.1 Å². The highest BCUT2D eigenvalue weighted by atomic mass is 31.2. The molecule has 160 valence electrons. The third-order valence-corrected chi connectivity index (χ3v) is 5.55. The van der Waals surface area contributed by atoms with Gasteiger partial charge in [0.15, 0.2) is 0 Å². The largest absolute Gasteiger partial charge is 0.359 e. The Balaban J connectivity index is 5.55. The first kappa shape index (κ1) is 26.3. The summed E-state index contributed by atoms with van der Waals surface area (Å²) in [6, 6.07) is 0. The summed E-state index contributed by atoms with van der Waals surface area (Å²) in [5.74, 6) is 1.00. The maximum atomic E-state index is 13.4. The highest BCUT2D eigenvalue weighted by Gasteiger charge is 2.30. The van der Waals surface area contributed by atoms with Crippen molar-refractivity contribution in [3.05, 3.63) is 0 Å². The summed E-state index contributed by atoms with van der Waals surface area (Å²) < 4.78 is 24.8.